The number of aryl methyl sites for hydroxylation is 1. The lowest BCUT2D eigenvalue weighted by molar-refractivity contribution is -0.117. The van der Waals surface area contributed by atoms with E-state index in [1.54, 1.807) is 34.5 Å². The summed E-state index contributed by atoms with van der Waals surface area (Å²) < 4.78 is 27.7. The van der Waals surface area contributed by atoms with Crippen LogP contribution in [0.2, 0.25) is 0 Å². The van der Waals surface area contributed by atoms with Crippen LogP contribution in [0, 0.1) is 6.92 Å². The monoisotopic (exact) mass is 385 g/mol. The molecular weight excluding hydrogens is 362 g/mol. The Morgan fingerprint density at radius 3 is 2.33 bits per heavy atom. The number of amides is 1. The van der Waals surface area contributed by atoms with E-state index < -0.39 is 10.0 Å². The Kier molecular flexibility index (Phi) is 4.44. The molecule has 1 saturated heterocycles. The van der Waals surface area contributed by atoms with Crippen molar-refractivity contribution in [2.75, 3.05) is 43.0 Å². The molecule has 2 aliphatic heterocycles. The van der Waals surface area contributed by atoms with Crippen molar-refractivity contribution < 1.29 is 13.2 Å². The number of carbonyl (C=O) groups excluding carboxylic acids is 1. The SMILES string of the molecule is Cc1ccccc1N1CCN(S(=O)(=O)c2ccc3c(c2)CC(=O)N3C)CC1. The predicted molar refractivity (Wildman–Crippen MR) is 106 cm³/mol. The van der Waals surface area contributed by atoms with E-state index in [1.165, 1.54) is 5.56 Å². The van der Waals surface area contributed by atoms with Gasteiger partial charge in [-0.25, -0.2) is 8.42 Å². The minimum absolute atomic E-state index is 0.00797. The van der Waals surface area contributed by atoms with Gasteiger partial charge in [-0.15, -0.1) is 0 Å². The molecule has 0 atom stereocenters. The molecule has 4 rings (SSSR count). The van der Waals surface area contributed by atoms with Crippen LogP contribution in [0.15, 0.2) is 47.4 Å². The molecule has 0 N–H and O–H groups in total. The zero-order valence-electron chi connectivity index (χ0n) is 15.6. The average Bonchev–Trinajstić information content (AvgIpc) is 2.96. The van der Waals surface area contributed by atoms with Crippen LogP contribution in [-0.4, -0.2) is 51.9 Å². The number of fused-ring (bicyclic) bond motifs is 1. The molecule has 2 aromatic rings. The van der Waals surface area contributed by atoms with E-state index >= 15 is 0 Å². The molecule has 142 valence electrons. The van der Waals surface area contributed by atoms with Crippen LogP contribution in [-0.2, 0) is 21.2 Å². The molecule has 0 radical (unpaired) electrons. The Hall–Kier alpha value is -2.38. The first-order valence-electron chi connectivity index (χ1n) is 9.08. The summed E-state index contributed by atoms with van der Waals surface area (Å²) in [6.07, 6.45) is 0.260. The second-order valence-corrected chi connectivity index (χ2v) is 9.04. The van der Waals surface area contributed by atoms with Crippen molar-refractivity contribution >= 4 is 27.3 Å². The lowest BCUT2D eigenvalue weighted by atomic mass is 10.1. The zero-order chi connectivity index (χ0) is 19.2. The number of rotatable bonds is 3. The quantitative estimate of drug-likeness (QED) is 0.811. The standard InChI is InChI=1S/C20H23N3O3S/c1-15-5-3-4-6-18(15)22-9-11-23(12-10-22)27(25,26)17-7-8-19-16(13-17)14-20(24)21(19)2/h3-8,13H,9-12,14H2,1-2H3. The van der Waals surface area contributed by atoms with Crippen molar-refractivity contribution in [1.29, 1.82) is 0 Å². The number of piperazine rings is 1. The number of anilines is 2. The summed E-state index contributed by atoms with van der Waals surface area (Å²) in [6, 6.07) is 13.2. The van der Waals surface area contributed by atoms with E-state index in [2.05, 4.69) is 24.0 Å². The lowest BCUT2D eigenvalue weighted by Gasteiger charge is -2.36. The van der Waals surface area contributed by atoms with Crippen molar-refractivity contribution in [3.05, 3.63) is 53.6 Å². The fourth-order valence-corrected chi connectivity index (χ4v) is 5.32. The molecule has 0 bridgehead atoms. The molecule has 27 heavy (non-hydrogen) atoms. The predicted octanol–water partition coefficient (Wildman–Crippen LogP) is 2.02. The van der Waals surface area contributed by atoms with E-state index in [-0.39, 0.29) is 17.2 Å². The van der Waals surface area contributed by atoms with Crippen molar-refractivity contribution in [2.45, 2.75) is 18.2 Å². The maximum atomic E-state index is 13.1. The van der Waals surface area contributed by atoms with Gasteiger partial charge in [0.15, 0.2) is 0 Å². The van der Waals surface area contributed by atoms with Crippen molar-refractivity contribution in [3.63, 3.8) is 0 Å². The molecule has 2 heterocycles. The first-order chi connectivity index (χ1) is 12.9. The van der Waals surface area contributed by atoms with Crippen molar-refractivity contribution in [3.8, 4) is 0 Å². The van der Waals surface area contributed by atoms with Gasteiger partial charge in [0.05, 0.1) is 11.3 Å². The van der Waals surface area contributed by atoms with Gasteiger partial charge in [-0.1, -0.05) is 18.2 Å². The smallest absolute Gasteiger partial charge is 0.243 e. The molecule has 7 heteroatoms. The number of para-hydroxylation sites is 1. The fraction of sp³-hybridized carbons (Fsp3) is 0.350. The Morgan fingerprint density at radius 2 is 1.63 bits per heavy atom. The van der Waals surface area contributed by atoms with Gasteiger partial charge in [-0.3, -0.25) is 4.79 Å². The van der Waals surface area contributed by atoms with E-state index in [1.807, 2.05) is 12.1 Å². The van der Waals surface area contributed by atoms with Gasteiger partial charge in [0, 0.05) is 44.6 Å². The first-order valence-corrected chi connectivity index (χ1v) is 10.5. The molecule has 0 aliphatic carbocycles. The van der Waals surface area contributed by atoms with Crippen molar-refractivity contribution in [2.24, 2.45) is 0 Å². The first kappa shape index (κ1) is 18.0. The lowest BCUT2D eigenvalue weighted by Crippen LogP contribution is -2.48. The molecule has 6 nitrogen and oxygen atoms in total. The number of hydrogen-bond acceptors (Lipinski definition) is 4. The topological polar surface area (TPSA) is 60.9 Å². The van der Waals surface area contributed by atoms with E-state index in [9.17, 15) is 13.2 Å². The van der Waals surface area contributed by atoms with Gasteiger partial charge in [0.25, 0.3) is 0 Å². The second kappa shape index (κ2) is 6.65. The van der Waals surface area contributed by atoms with Gasteiger partial charge >= 0.3 is 0 Å². The van der Waals surface area contributed by atoms with Gasteiger partial charge < -0.3 is 9.80 Å². The molecule has 2 aliphatic rings. The van der Waals surface area contributed by atoms with Crippen LogP contribution in [0.25, 0.3) is 0 Å². The summed E-state index contributed by atoms with van der Waals surface area (Å²) in [7, 11) is -1.84. The summed E-state index contributed by atoms with van der Waals surface area (Å²) in [5.41, 5.74) is 3.93. The third kappa shape index (κ3) is 3.11. The van der Waals surface area contributed by atoms with Gasteiger partial charge in [-0.2, -0.15) is 4.31 Å². The summed E-state index contributed by atoms with van der Waals surface area (Å²) in [5, 5.41) is 0. The van der Waals surface area contributed by atoms with Crippen LogP contribution in [0.4, 0.5) is 11.4 Å². The molecule has 0 spiro atoms. The Bertz CT molecular complexity index is 995. The van der Waals surface area contributed by atoms with Crippen LogP contribution in [0.1, 0.15) is 11.1 Å². The highest BCUT2D eigenvalue weighted by atomic mass is 32.2. The second-order valence-electron chi connectivity index (χ2n) is 7.10. The third-order valence-electron chi connectivity index (χ3n) is 5.46. The summed E-state index contributed by atoms with van der Waals surface area (Å²) >= 11 is 0. The highest BCUT2D eigenvalue weighted by Crippen LogP contribution is 2.31. The molecule has 2 aromatic carbocycles. The Balaban J connectivity index is 1.52. The maximum Gasteiger partial charge on any atom is 0.243 e. The highest BCUT2D eigenvalue weighted by Gasteiger charge is 2.31. The minimum Gasteiger partial charge on any atom is -0.369 e. The summed E-state index contributed by atoms with van der Waals surface area (Å²) in [5.74, 6) is -0.00797. The Labute approximate surface area is 160 Å². The number of carbonyl (C=O) groups is 1. The number of sulfonamides is 1. The van der Waals surface area contributed by atoms with Gasteiger partial charge in [0.1, 0.15) is 0 Å². The van der Waals surface area contributed by atoms with Crippen LogP contribution in [0.3, 0.4) is 0 Å². The maximum absolute atomic E-state index is 13.1. The average molecular weight is 385 g/mol. The normalized spacial score (nSPS) is 18.1. The van der Waals surface area contributed by atoms with Gasteiger partial charge in [-0.05, 0) is 42.3 Å². The summed E-state index contributed by atoms with van der Waals surface area (Å²) in [6.45, 7) is 4.30. The fourth-order valence-electron chi connectivity index (χ4n) is 3.84. The molecule has 0 aromatic heterocycles. The highest BCUT2D eigenvalue weighted by molar-refractivity contribution is 7.89. The molecule has 0 saturated carbocycles. The molecule has 1 fully saturated rings. The number of hydrogen-bond donors (Lipinski definition) is 0. The Morgan fingerprint density at radius 1 is 0.926 bits per heavy atom. The van der Waals surface area contributed by atoms with Crippen LogP contribution < -0.4 is 9.80 Å². The largest absolute Gasteiger partial charge is 0.369 e. The van der Waals surface area contributed by atoms with Crippen LogP contribution in [0.5, 0.6) is 0 Å². The molecule has 0 unspecified atom stereocenters. The number of nitrogens with zero attached hydrogens (tertiary/aromatic N) is 3. The minimum atomic E-state index is -3.56. The van der Waals surface area contributed by atoms with Gasteiger partial charge in [0.2, 0.25) is 15.9 Å². The third-order valence-corrected chi connectivity index (χ3v) is 7.36. The van der Waals surface area contributed by atoms with Crippen LogP contribution >= 0.6 is 0 Å². The van der Waals surface area contributed by atoms with E-state index in [0.717, 1.165) is 16.9 Å². The number of likely N-dealkylation sites (N-methyl/N-ethyl adjacent to an activating group) is 1. The van der Waals surface area contributed by atoms with E-state index in [0.29, 0.717) is 26.2 Å². The number of benzene rings is 2. The van der Waals surface area contributed by atoms with E-state index in [4.69, 9.17) is 0 Å². The van der Waals surface area contributed by atoms with Crippen molar-refractivity contribution in [1.82, 2.24) is 4.31 Å². The zero-order valence-corrected chi connectivity index (χ0v) is 16.4. The molecular formula is C20H23N3O3S. The molecule has 1 amide bonds. The summed E-state index contributed by atoms with van der Waals surface area (Å²) in [4.78, 5) is 15.9.